The lowest BCUT2D eigenvalue weighted by Gasteiger charge is -2.30. The van der Waals surface area contributed by atoms with Crippen molar-refractivity contribution in [3.05, 3.63) is 61.3 Å². The molecule has 2 atom stereocenters. The number of rotatable bonds is 3. The highest BCUT2D eigenvalue weighted by molar-refractivity contribution is 5.95. The largest absolute Gasteiger partial charge is 0.482 e. The van der Waals surface area contributed by atoms with E-state index in [0.29, 0.717) is 17.2 Å². The lowest BCUT2D eigenvalue weighted by molar-refractivity contribution is -0.128. The molecule has 3 heterocycles. The number of carbonyl (C=O) groups excluding carboxylic acids is 1. The van der Waals surface area contributed by atoms with Gasteiger partial charge in [0.05, 0.1) is 11.9 Å². The van der Waals surface area contributed by atoms with E-state index in [2.05, 4.69) is 15.3 Å². The topological polar surface area (TPSA) is 78.3 Å². The summed E-state index contributed by atoms with van der Waals surface area (Å²) in [6.45, 7) is 1.81. The zero-order chi connectivity index (χ0) is 17.2. The number of anilines is 1. The predicted octanol–water partition coefficient (Wildman–Crippen LogP) is 2.43. The van der Waals surface area contributed by atoms with E-state index < -0.39 is 12.2 Å². The summed E-state index contributed by atoms with van der Waals surface area (Å²) < 4.78 is 13.3. The number of nitrogens with one attached hydrogen (secondary N) is 1. The molecule has 2 aromatic heterocycles. The zero-order valence-corrected chi connectivity index (χ0v) is 13.5. The van der Waals surface area contributed by atoms with Gasteiger partial charge in [-0.25, -0.2) is 9.97 Å². The van der Waals surface area contributed by atoms with Crippen LogP contribution in [0.25, 0.3) is 5.82 Å². The highest BCUT2D eigenvalue weighted by atomic mass is 16.6. The zero-order valence-electron chi connectivity index (χ0n) is 13.5. The molecular formula is C18H16N4O3. The van der Waals surface area contributed by atoms with Crippen LogP contribution in [0.5, 0.6) is 11.5 Å². The minimum atomic E-state index is -0.733. The van der Waals surface area contributed by atoms with Crippen molar-refractivity contribution in [1.29, 1.82) is 0 Å². The van der Waals surface area contributed by atoms with E-state index in [0.717, 1.165) is 5.82 Å². The Bertz CT molecular complexity index is 878. The molecule has 7 nitrogen and oxygen atoms in total. The van der Waals surface area contributed by atoms with Gasteiger partial charge in [0.2, 0.25) is 6.10 Å². The van der Waals surface area contributed by atoms with Crippen LogP contribution in [0, 0.1) is 0 Å². The Morgan fingerprint density at radius 1 is 1.16 bits per heavy atom. The first-order chi connectivity index (χ1) is 12.2. The summed E-state index contributed by atoms with van der Waals surface area (Å²) in [6.07, 6.45) is 5.60. The molecule has 0 fully saturated rings. The Labute approximate surface area is 144 Å². The summed E-state index contributed by atoms with van der Waals surface area (Å²) in [6, 6.07) is 10.9. The molecule has 0 radical (unpaired) electrons. The Hall–Kier alpha value is -3.35. The Kier molecular flexibility index (Phi) is 3.81. The minimum Gasteiger partial charge on any atom is -0.482 e. The average molecular weight is 336 g/mol. The maximum Gasteiger partial charge on any atom is 0.269 e. The molecule has 1 aliphatic rings. The van der Waals surface area contributed by atoms with Crippen molar-refractivity contribution < 1.29 is 14.3 Å². The van der Waals surface area contributed by atoms with Gasteiger partial charge in [-0.3, -0.25) is 9.36 Å². The molecule has 0 unspecified atom stereocenters. The Balaban J connectivity index is 1.47. The van der Waals surface area contributed by atoms with Crippen LogP contribution in [-0.2, 0) is 4.79 Å². The van der Waals surface area contributed by atoms with Gasteiger partial charge in [-0.15, -0.1) is 0 Å². The molecule has 1 amide bonds. The van der Waals surface area contributed by atoms with Crippen LogP contribution in [0.2, 0.25) is 0 Å². The van der Waals surface area contributed by atoms with Crippen molar-refractivity contribution in [3.8, 4) is 17.3 Å². The first-order valence-corrected chi connectivity index (χ1v) is 7.88. The minimum absolute atomic E-state index is 0.279. The van der Waals surface area contributed by atoms with Crippen molar-refractivity contribution in [2.24, 2.45) is 0 Å². The first-order valence-electron chi connectivity index (χ1n) is 7.88. The van der Waals surface area contributed by atoms with E-state index in [1.165, 1.54) is 0 Å². The molecule has 0 saturated carbocycles. The van der Waals surface area contributed by atoms with Crippen molar-refractivity contribution in [2.75, 3.05) is 5.32 Å². The van der Waals surface area contributed by atoms with Gasteiger partial charge in [0, 0.05) is 12.4 Å². The number of imidazole rings is 1. The van der Waals surface area contributed by atoms with Crippen molar-refractivity contribution in [3.63, 3.8) is 0 Å². The van der Waals surface area contributed by atoms with E-state index in [9.17, 15) is 4.79 Å². The van der Waals surface area contributed by atoms with Crippen LogP contribution < -0.4 is 14.8 Å². The molecule has 25 heavy (non-hydrogen) atoms. The van der Waals surface area contributed by atoms with Gasteiger partial charge in [0.15, 0.2) is 11.5 Å². The summed E-state index contributed by atoms with van der Waals surface area (Å²) in [7, 11) is 0. The van der Waals surface area contributed by atoms with E-state index in [1.807, 2.05) is 18.2 Å². The summed E-state index contributed by atoms with van der Waals surface area (Å²) in [5.74, 6) is 1.65. The van der Waals surface area contributed by atoms with Crippen molar-refractivity contribution >= 4 is 11.6 Å². The van der Waals surface area contributed by atoms with Gasteiger partial charge in [0.25, 0.3) is 5.91 Å². The number of nitrogens with zero attached hydrogens (tertiary/aromatic N) is 3. The van der Waals surface area contributed by atoms with Crippen molar-refractivity contribution in [1.82, 2.24) is 14.5 Å². The van der Waals surface area contributed by atoms with E-state index in [-0.39, 0.29) is 5.91 Å². The number of benzene rings is 1. The van der Waals surface area contributed by atoms with Gasteiger partial charge in [0.1, 0.15) is 18.2 Å². The summed E-state index contributed by atoms with van der Waals surface area (Å²) in [5.41, 5.74) is 0.587. The number of fused-ring (bicyclic) bond motifs is 1. The van der Waals surface area contributed by atoms with Crippen LogP contribution >= 0.6 is 0 Å². The highest BCUT2D eigenvalue weighted by Crippen LogP contribution is 2.33. The molecule has 1 N–H and O–H groups in total. The monoisotopic (exact) mass is 336 g/mol. The third-order valence-electron chi connectivity index (χ3n) is 3.89. The molecule has 1 aliphatic heterocycles. The van der Waals surface area contributed by atoms with Crippen LogP contribution in [0.1, 0.15) is 6.92 Å². The Morgan fingerprint density at radius 2 is 1.96 bits per heavy atom. The molecule has 126 valence electrons. The molecular weight excluding hydrogens is 320 g/mol. The molecule has 4 rings (SSSR count). The summed E-state index contributed by atoms with van der Waals surface area (Å²) in [5, 5.41) is 2.81. The third kappa shape index (κ3) is 3.03. The van der Waals surface area contributed by atoms with Crippen LogP contribution in [0.15, 0.2) is 61.3 Å². The number of para-hydroxylation sites is 2. The highest BCUT2D eigenvalue weighted by Gasteiger charge is 2.34. The second-order valence-electron chi connectivity index (χ2n) is 5.67. The van der Waals surface area contributed by atoms with E-state index in [1.54, 1.807) is 54.6 Å². The number of ether oxygens (including phenoxy) is 2. The molecule has 0 aliphatic carbocycles. The molecule has 3 aromatic rings. The number of pyridine rings is 1. The number of carbonyl (C=O) groups is 1. The maximum atomic E-state index is 12.5. The quantitative estimate of drug-likeness (QED) is 0.795. The van der Waals surface area contributed by atoms with E-state index >= 15 is 0 Å². The SMILES string of the molecule is C[C@H]1Oc2ccccc2O[C@H]1C(=O)Nc1ccc(-n2ccnc2)nc1. The van der Waals surface area contributed by atoms with Gasteiger partial charge >= 0.3 is 0 Å². The fourth-order valence-corrected chi connectivity index (χ4v) is 2.63. The lowest BCUT2D eigenvalue weighted by Crippen LogP contribution is -2.46. The van der Waals surface area contributed by atoms with Gasteiger partial charge in [-0.2, -0.15) is 0 Å². The number of hydrogen-bond acceptors (Lipinski definition) is 5. The van der Waals surface area contributed by atoms with Gasteiger partial charge in [-0.1, -0.05) is 12.1 Å². The number of aromatic nitrogens is 3. The number of amides is 1. The fourth-order valence-electron chi connectivity index (χ4n) is 2.63. The first kappa shape index (κ1) is 15.2. The lowest BCUT2D eigenvalue weighted by atomic mass is 10.1. The van der Waals surface area contributed by atoms with Crippen LogP contribution in [0.4, 0.5) is 5.69 Å². The fraction of sp³-hybridized carbons (Fsp3) is 0.167. The standard InChI is InChI=1S/C18H16N4O3/c1-12-17(25-15-5-3-2-4-14(15)24-12)18(23)21-13-6-7-16(20-10-13)22-9-8-19-11-22/h2-12,17H,1H3,(H,21,23)/t12-,17-/m1/s1. The van der Waals surface area contributed by atoms with Crippen LogP contribution in [0.3, 0.4) is 0 Å². The molecule has 0 spiro atoms. The second-order valence-corrected chi connectivity index (χ2v) is 5.67. The third-order valence-corrected chi connectivity index (χ3v) is 3.89. The smallest absolute Gasteiger partial charge is 0.269 e. The predicted molar refractivity (Wildman–Crippen MR) is 90.9 cm³/mol. The molecule has 1 aromatic carbocycles. The molecule has 7 heteroatoms. The molecule has 0 bridgehead atoms. The average Bonchev–Trinajstić information content (AvgIpc) is 3.16. The maximum absolute atomic E-state index is 12.5. The Morgan fingerprint density at radius 3 is 2.64 bits per heavy atom. The van der Waals surface area contributed by atoms with Crippen LogP contribution in [-0.4, -0.2) is 32.7 Å². The second kappa shape index (κ2) is 6.27. The molecule has 0 saturated heterocycles. The van der Waals surface area contributed by atoms with E-state index in [4.69, 9.17) is 9.47 Å². The van der Waals surface area contributed by atoms with Crippen molar-refractivity contribution in [2.45, 2.75) is 19.1 Å². The number of hydrogen-bond donors (Lipinski definition) is 1. The summed E-state index contributed by atoms with van der Waals surface area (Å²) >= 11 is 0. The summed E-state index contributed by atoms with van der Waals surface area (Å²) in [4.78, 5) is 20.8. The van der Waals surface area contributed by atoms with Gasteiger partial charge < -0.3 is 14.8 Å². The van der Waals surface area contributed by atoms with Gasteiger partial charge in [-0.05, 0) is 31.2 Å². The normalized spacial score (nSPS) is 18.6.